The Hall–Kier alpha value is -5.30. The minimum atomic E-state index is -2.21. The molecule has 240 valence electrons. The summed E-state index contributed by atoms with van der Waals surface area (Å²) in [5.74, 6) is -5.15. The summed E-state index contributed by atoms with van der Waals surface area (Å²) in [5.41, 5.74) is 4.49. The lowest BCUT2D eigenvalue weighted by molar-refractivity contribution is -0.166. The van der Waals surface area contributed by atoms with Crippen molar-refractivity contribution in [1.82, 2.24) is 20.1 Å². The molecular formula is C33H34N4O9. The number of hydrogen-bond acceptors (Lipinski definition) is 9. The Balaban J connectivity index is 0.000000186. The standard InChI is InChI=1S/C18H14O8.C15H20N4O/c19-15(20)13(25-17(23)11-7-3-1-4-8-11)14(16(21)22)26-18(24)12-9-5-2-6-10-12;1-19-14-12(13(18-19)9-6-7-16-8-9)10-4-2-3-5-11(10)15(20)17-14/h1-10,13-14H,(H,19,20)(H,21,22);9,16H,2-8H2,1H3,(H,17,20)/t13-,14-;9-/m00/s1. The van der Waals surface area contributed by atoms with Crippen molar-refractivity contribution in [3.63, 3.8) is 0 Å². The second kappa shape index (κ2) is 14.2. The molecule has 4 N–H and O–H groups in total. The normalized spacial score (nSPS) is 16.8. The van der Waals surface area contributed by atoms with Crippen molar-refractivity contribution in [2.24, 2.45) is 7.05 Å². The second-order valence-corrected chi connectivity index (χ2v) is 11.1. The summed E-state index contributed by atoms with van der Waals surface area (Å²) in [6, 6.07) is 14.8. The molecule has 0 unspecified atom stereocenters. The van der Waals surface area contributed by atoms with Crippen LogP contribution in [0.4, 0.5) is 0 Å². The van der Waals surface area contributed by atoms with E-state index in [0.29, 0.717) is 5.92 Å². The van der Waals surface area contributed by atoms with Gasteiger partial charge >= 0.3 is 23.9 Å². The molecule has 1 fully saturated rings. The van der Waals surface area contributed by atoms with Gasteiger partial charge in [-0.05, 0) is 68.5 Å². The summed E-state index contributed by atoms with van der Waals surface area (Å²) in [5, 5.41) is 27.9. The highest BCUT2D eigenvalue weighted by Crippen LogP contribution is 2.33. The van der Waals surface area contributed by atoms with E-state index >= 15 is 0 Å². The number of rotatable bonds is 8. The number of carbonyl (C=O) groups is 4. The molecule has 3 heterocycles. The van der Waals surface area contributed by atoms with E-state index in [9.17, 15) is 34.2 Å². The molecule has 0 spiro atoms. The van der Waals surface area contributed by atoms with Gasteiger partial charge < -0.3 is 30.0 Å². The number of pyridine rings is 1. The molecular weight excluding hydrogens is 596 g/mol. The Labute approximate surface area is 263 Å². The maximum Gasteiger partial charge on any atom is 0.349 e. The number of hydrogen-bond donors (Lipinski definition) is 4. The quantitative estimate of drug-likeness (QED) is 0.210. The largest absolute Gasteiger partial charge is 0.478 e. The number of aromatic nitrogens is 3. The van der Waals surface area contributed by atoms with Crippen LogP contribution < -0.4 is 10.9 Å². The Bertz CT molecular complexity index is 1730. The van der Waals surface area contributed by atoms with Gasteiger partial charge in [-0.1, -0.05) is 36.4 Å². The van der Waals surface area contributed by atoms with Crippen molar-refractivity contribution < 1.29 is 38.9 Å². The van der Waals surface area contributed by atoms with Gasteiger partial charge in [0.15, 0.2) is 0 Å². The fourth-order valence-electron chi connectivity index (χ4n) is 5.77. The molecule has 1 aliphatic heterocycles. The summed E-state index contributed by atoms with van der Waals surface area (Å²) in [7, 11) is 1.93. The van der Waals surface area contributed by atoms with Gasteiger partial charge in [0, 0.05) is 30.5 Å². The maximum absolute atomic E-state index is 12.3. The zero-order valence-electron chi connectivity index (χ0n) is 25.1. The number of benzene rings is 2. The molecule has 2 aliphatic rings. The number of carboxylic acids is 2. The van der Waals surface area contributed by atoms with Gasteiger partial charge in [0.1, 0.15) is 5.65 Å². The lowest BCUT2D eigenvalue weighted by Gasteiger charge is -2.21. The molecule has 1 saturated heterocycles. The van der Waals surface area contributed by atoms with Crippen molar-refractivity contribution in [3.05, 3.63) is 99.0 Å². The van der Waals surface area contributed by atoms with Gasteiger partial charge in [-0.15, -0.1) is 0 Å². The fourth-order valence-corrected chi connectivity index (χ4v) is 5.77. The summed E-state index contributed by atoms with van der Waals surface area (Å²) in [6.45, 7) is 2.06. The minimum absolute atomic E-state index is 0.0253. The minimum Gasteiger partial charge on any atom is -0.478 e. The third kappa shape index (κ3) is 6.99. The number of ether oxygens (including phenoxy) is 2. The summed E-state index contributed by atoms with van der Waals surface area (Å²) in [4.78, 5) is 62.1. The molecule has 0 bridgehead atoms. The molecule has 4 aromatic rings. The molecule has 0 saturated carbocycles. The summed E-state index contributed by atoms with van der Waals surface area (Å²) >= 11 is 0. The first-order chi connectivity index (χ1) is 22.2. The number of carboxylic acid groups (broad SMARTS) is 2. The van der Waals surface area contributed by atoms with E-state index in [2.05, 4.69) is 10.3 Å². The number of aryl methyl sites for hydroxylation is 2. The number of nitrogens with zero attached hydrogens (tertiary/aromatic N) is 2. The molecule has 13 nitrogen and oxygen atoms in total. The number of aromatic amines is 1. The maximum atomic E-state index is 12.3. The van der Waals surface area contributed by atoms with Crippen LogP contribution >= 0.6 is 0 Å². The SMILES string of the molecule is Cn1nc([C@H]2CCNC2)c2c3c(c(=O)[nH]c21)CCCC3.O=C(O[C@H](C(=O)O)[C@H](OC(=O)c1ccccc1)C(=O)O)c1ccccc1. The highest BCUT2D eigenvalue weighted by molar-refractivity contribution is 5.95. The Morgan fingerprint density at radius 3 is 1.85 bits per heavy atom. The first-order valence-electron chi connectivity index (χ1n) is 14.9. The monoisotopic (exact) mass is 630 g/mol. The molecule has 13 heteroatoms. The van der Waals surface area contributed by atoms with Crippen molar-refractivity contribution in [1.29, 1.82) is 0 Å². The second-order valence-electron chi connectivity index (χ2n) is 11.1. The number of esters is 2. The van der Waals surface area contributed by atoms with Gasteiger partial charge in [-0.3, -0.25) is 9.48 Å². The predicted octanol–water partition coefficient (Wildman–Crippen LogP) is 2.82. The Morgan fingerprint density at radius 2 is 1.37 bits per heavy atom. The Morgan fingerprint density at radius 1 is 0.848 bits per heavy atom. The van der Waals surface area contributed by atoms with Crippen LogP contribution in [0.15, 0.2) is 65.5 Å². The van der Waals surface area contributed by atoms with Gasteiger partial charge in [0.25, 0.3) is 5.56 Å². The lowest BCUT2D eigenvalue weighted by atomic mass is 9.88. The molecule has 0 radical (unpaired) electrons. The number of carbonyl (C=O) groups excluding carboxylic acids is 2. The first kappa shape index (κ1) is 32.1. The van der Waals surface area contributed by atoms with Crippen LogP contribution in [0.5, 0.6) is 0 Å². The van der Waals surface area contributed by atoms with E-state index in [1.807, 2.05) is 11.7 Å². The molecule has 46 heavy (non-hydrogen) atoms. The van der Waals surface area contributed by atoms with E-state index in [1.54, 1.807) is 12.1 Å². The third-order valence-corrected chi connectivity index (χ3v) is 8.05. The molecule has 6 rings (SSSR count). The van der Waals surface area contributed by atoms with Crippen molar-refractivity contribution in [3.8, 4) is 0 Å². The van der Waals surface area contributed by atoms with E-state index in [1.165, 1.54) is 71.6 Å². The topological polar surface area (TPSA) is 190 Å². The average Bonchev–Trinajstić information content (AvgIpc) is 3.72. The molecule has 0 amide bonds. The number of aliphatic carboxylic acids is 2. The zero-order valence-corrected chi connectivity index (χ0v) is 25.1. The Kier molecular flexibility index (Phi) is 9.91. The molecule has 1 aliphatic carbocycles. The lowest BCUT2D eigenvalue weighted by Crippen LogP contribution is -2.45. The van der Waals surface area contributed by atoms with Gasteiger partial charge in [-0.2, -0.15) is 5.10 Å². The number of fused-ring (bicyclic) bond motifs is 3. The number of nitrogens with one attached hydrogen (secondary N) is 2. The van der Waals surface area contributed by atoms with Gasteiger partial charge in [-0.25, -0.2) is 19.2 Å². The van der Waals surface area contributed by atoms with Crippen LogP contribution in [0.2, 0.25) is 0 Å². The van der Waals surface area contributed by atoms with E-state index in [-0.39, 0.29) is 16.7 Å². The predicted molar refractivity (Wildman–Crippen MR) is 165 cm³/mol. The van der Waals surface area contributed by atoms with Crippen LogP contribution in [0, 0.1) is 0 Å². The van der Waals surface area contributed by atoms with Gasteiger partial charge in [0.2, 0.25) is 12.2 Å². The van der Waals surface area contributed by atoms with E-state index in [0.717, 1.165) is 50.0 Å². The highest BCUT2D eigenvalue weighted by atomic mass is 16.6. The van der Waals surface area contributed by atoms with Crippen molar-refractivity contribution in [2.75, 3.05) is 13.1 Å². The first-order valence-corrected chi connectivity index (χ1v) is 14.9. The summed E-state index contributed by atoms with van der Waals surface area (Å²) < 4.78 is 11.4. The van der Waals surface area contributed by atoms with Crippen LogP contribution in [0.25, 0.3) is 11.0 Å². The van der Waals surface area contributed by atoms with Crippen LogP contribution in [0.3, 0.4) is 0 Å². The van der Waals surface area contributed by atoms with Crippen molar-refractivity contribution in [2.45, 2.75) is 50.2 Å². The molecule has 2 aromatic heterocycles. The molecule has 2 aromatic carbocycles. The van der Waals surface area contributed by atoms with Crippen LogP contribution in [-0.4, -0.2) is 74.2 Å². The zero-order chi connectivity index (χ0) is 32.8. The smallest absolute Gasteiger partial charge is 0.349 e. The van der Waals surface area contributed by atoms with Gasteiger partial charge in [0.05, 0.1) is 16.8 Å². The summed E-state index contributed by atoms with van der Waals surface area (Å²) in [6.07, 6.45) is 0.956. The average molecular weight is 631 g/mol. The highest BCUT2D eigenvalue weighted by Gasteiger charge is 2.41. The fraction of sp³-hybridized carbons (Fsp3) is 0.333. The van der Waals surface area contributed by atoms with Crippen LogP contribution in [-0.2, 0) is 39.0 Å². The van der Waals surface area contributed by atoms with E-state index < -0.39 is 36.1 Å². The van der Waals surface area contributed by atoms with Crippen LogP contribution in [0.1, 0.15) is 62.7 Å². The van der Waals surface area contributed by atoms with Crippen molar-refractivity contribution >= 4 is 34.9 Å². The molecule has 3 atom stereocenters. The van der Waals surface area contributed by atoms with E-state index in [4.69, 9.17) is 14.6 Å². The third-order valence-electron chi connectivity index (χ3n) is 8.05. The number of H-pyrrole nitrogens is 1.